The first-order valence-electron chi connectivity index (χ1n) is 5.45. The number of nitrogens with zero attached hydrogens (tertiary/aromatic N) is 2. The molecule has 0 radical (unpaired) electrons. The van der Waals surface area contributed by atoms with Crippen LogP contribution in [0.25, 0.3) is 0 Å². The SMILES string of the molecule is CNC(c1cnn(C)c1)C1(C)CCCS1. The molecule has 1 saturated heterocycles. The third kappa shape index (κ3) is 2.06. The summed E-state index contributed by atoms with van der Waals surface area (Å²) in [5.74, 6) is 1.29. The molecule has 2 unspecified atom stereocenters. The van der Waals surface area contributed by atoms with Gasteiger partial charge >= 0.3 is 0 Å². The minimum absolute atomic E-state index is 0.331. The summed E-state index contributed by atoms with van der Waals surface area (Å²) in [4.78, 5) is 0. The van der Waals surface area contributed by atoms with Gasteiger partial charge in [0.2, 0.25) is 0 Å². The van der Waals surface area contributed by atoms with Crippen molar-refractivity contribution < 1.29 is 0 Å². The maximum absolute atomic E-state index is 4.26. The average molecular weight is 225 g/mol. The first-order valence-corrected chi connectivity index (χ1v) is 6.44. The van der Waals surface area contributed by atoms with Gasteiger partial charge in [-0.3, -0.25) is 4.68 Å². The predicted molar refractivity (Wildman–Crippen MR) is 65.1 cm³/mol. The smallest absolute Gasteiger partial charge is 0.0538 e. The summed E-state index contributed by atoms with van der Waals surface area (Å²) in [6.07, 6.45) is 6.72. The molecule has 1 fully saturated rings. The molecule has 1 aromatic rings. The number of rotatable bonds is 3. The van der Waals surface area contributed by atoms with Crippen LogP contribution in [0.4, 0.5) is 0 Å². The van der Waals surface area contributed by atoms with E-state index in [0.717, 1.165) is 0 Å². The highest BCUT2D eigenvalue weighted by atomic mass is 32.2. The average Bonchev–Trinajstić information content (AvgIpc) is 2.78. The number of aromatic nitrogens is 2. The summed E-state index contributed by atoms with van der Waals surface area (Å²) in [6.45, 7) is 2.36. The van der Waals surface area contributed by atoms with Gasteiger partial charge in [0.1, 0.15) is 0 Å². The zero-order valence-corrected chi connectivity index (χ0v) is 10.5. The van der Waals surface area contributed by atoms with E-state index >= 15 is 0 Å². The Balaban J connectivity index is 2.23. The molecule has 2 heterocycles. The van der Waals surface area contributed by atoms with Crippen molar-refractivity contribution in [3.63, 3.8) is 0 Å². The summed E-state index contributed by atoms with van der Waals surface area (Å²) < 4.78 is 2.21. The van der Waals surface area contributed by atoms with Crippen LogP contribution in [0, 0.1) is 0 Å². The van der Waals surface area contributed by atoms with Crippen LogP contribution in [0.5, 0.6) is 0 Å². The second-order valence-corrected chi connectivity index (χ2v) is 6.06. The molecule has 1 aliphatic heterocycles. The van der Waals surface area contributed by atoms with Crippen molar-refractivity contribution in [1.82, 2.24) is 15.1 Å². The van der Waals surface area contributed by atoms with Crippen molar-refractivity contribution in [3.8, 4) is 0 Å². The van der Waals surface area contributed by atoms with Gasteiger partial charge in [0.15, 0.2) is 0 Å². The molecule has 3 nitrogen and oxygen atoms in total. The number of hydrogen-bond acceptors (Lipinski definition) is 3. The van der Waals surface area contributed by atoms with E-state index in [0.29, 0.717) is 10.8 Å². The highest BCUT2D eigenvalue weighted by molar-refractivity contribution is 8.00. The maximum atomic E-state index is 4.26. The number of hydrogen-bond donors (Lipinski definition) is 1. The second kappa shape index (κ2) is 4.18. The molecule has 0 spiro atoms. The number of thioether (sulfide) groups is 1. The van der Waals surface area contributed by atoms with Crippen molar-refractivity contribution in [2.75, 3.05) is 12.8 Å². The Morgan fingerprint density at radius 2 is 2.47 bits per heavy atom. The van der Waals surface area contributed by atoms with E-state index in [1.807, 2.05) is 25.0 Å². The molecular weight excluding hydrogens is 206 g/mol. The fraction of sp³-hybridized carbons (Fsp3) is 0.727. The Labute approximate surface area is 95.6 Å². The molecule has 0 amide bonds. The fourth-order valence-electron chi connectivity index (χ4n) is 2.44. The van der Waals surface area contributed by atoms with Gasteiger partial charge in [-0.15, -0.1) is 0 Å². The molecule has 1 aliphatic rings. The summed E-state index contributed by atoms with van der Waals surface area (Å²) >= 11 is 2.08. The third-order valence-electron chi connectivity index (χ3n) is 3.21. The van der Waals surface area contributed by atoms with Crippen molar-refractivity contribution in [2.24, 2.45) is 7.05 Å². The maximum Gasteiger partial charge on any atom is 0.0538 e. The van der Waals surface area contributed by atoms with E-state index in [-0.39, 0.29) is 0 Å². The fourth-order valence-corrected chi connectivity index (χ4v) is 3.91. The first kappa shape index (κ1) is 11.0. The van der Waals surface area contributed by atoms with Crippen LogP contribution in [0.1, 0.15) is 31.4 Å². The van der Waals surface area contributed by atoms with Crippen molar-refractivity contribution in [1.29, 1.82) is 0 Å². The van der Waals surface area contributed by atoms with E-state index in [1.165, 1.54) is 24.2 Å². The van der Waals surface area contributed by atoms with Crippen molar-refractivity contribution >= 4 is 11.8 Å². The zero-order valence-electron chi connectivity index (χ0n) is 9.66. The Kier molecular flexibility index (Phi) is 3.07. The molecule has 0 bridgehead atoms. The molecule has 1 N–H and O–H groups in total. The Morgan fingerprint density at radius 3 is 2.93 bits per heavy atom. The van der Waals surface area contributed by atoms with Gasteiger partial charge in [-0.25, -0.2) is 0 Å². The van der Waals surface area contributed by atoms with E-state index in [4.69, 9.17) is 0 Å². The van der Waals surface area contributed by atoms with Gasteiger partial charge in [-0.1, -0.05) is 0 Å². The normalized spacial score (nSPS) is 28.2. The molecule has 84 valence electrons. The van der Waals surface area contributed by atoms with E-state index in [2.05, 4.69) is 35.3 Å². The third-order valence-corrected chi connectivity index (χ3v) is 4.80. The molecule has 0 aromatic carbocycles. The van der Waals surface area contributed by atoms with Crippen LogP contribution >= 0.6 is 11.8 Å². The summed E-state index contributed by atoms with van der Waals surface area (Å²) in [5, 5.41) is 7.70. The lowest BCUT2D eigenvalue weighted by atomic mass is 9.92. The van der Waals surface area contributed by atoms with Gasteiger partial charge in [-0.05, 0) is 32.6 Å². The van der Waals surface area contributed by atoms with Crippen LogP contribution in [-0.4, -0.2) is 27.3 Å². The highest BCUT2D eigenvalue weighted by Gasteiger charge is 2.38. The quantitative estimate of drug-likeness (QED) is 0.853. The van der Waals surface area contributed by atoms with Crippen LogP contribution in [0.15, 0.2) is 12.4 Å². The number of nitrogens with one attached hydrogen (secondary N) is 1. The molecule has 0 aliphatic carbocycles. The molecule has 2 rings (SSSR count). The predicted octanol–water partition coefficient (Wildman–Crippen LogP) is 1.97. The lowest BCUT2D eigenvalue weighted by molar-refractivity contribution is 0.440. The standard InChI is InChI=1S/C11H19N3S/c1-11(5-4-6-15-11)10(12-2)9-7-13-14(3)8-9/h7-8,10,12H,4-6H2,1-3H3. The Bertz CT molecular complexity index is 328. The van der Waals surface area contributed by atoms with Crippen LogP contribution < -0.4 is 5.32 Å². The largest absolute Gasteiger partial charge is 0.312 e. The topological polar surface area (TPSA) is 29.9 Å². The summed E-state index contributed by atoms with van der Waals surface area (Å²) in [6, 6.07) is 0.415. The minimum Gasteiger partial charge on any atom is -0.312 e. The lowest BCUT2D eigenvalue weighted by Crippen LogP contribution is -2.35. The van der Waals surface area contributed by atoms with E-state index in [9.17, 15) is 0 Å². The van der Waals surface area contributed by atoms with Gasteiger partial charge in [-0.2, -0.15) is 16.9 Å². The highest BCUT2D eigenvalue weighted by Crippen LogP contribution is 2.46. The number of aryl methyl sites for hydroxylation is 1. The molecule has 2 atom stereocenters. The first-order chi connectivity index (χ1) is 7.15. The minimum atomic E-state index is 0.331. The van der Waals surface area contributed by atoms with Gasteiger partial charge in [0.05, 0.1) is 6.20 Å². The summed E-state index contributed by atoms with van der Waals surface area (Å²) in [5.41, 5.74) is 1.30. The molecule has 1 aromatic heterocycles. The second-order valence-electron chi connectivity index (χ2n) is 4.43. The zero-order chi connectivity index (χ0) is 10.9. The van der Waals surface area contributed by atoms with Crippen molar-refractivity contribution in [2.45, 2.75) is 30.6 Å². The van der Waals surface area contributed by atoms with Crippen LogP contribution in [-0.2, 0) is 7.05 Å². The monoisotopic (exact) mass is 225 g/mol. The molecule has 15 heavy (non-hydrogen) atoms. The lowest BCUT2D eigenvalue weighted by Gasteiger charge is -2.32. The van der Waals surface area contributed by atoms with Crippen molar-refractivity contribution in [3.05, 3.63) is 18.0 Å². The van der Waals surface area contributed by atoms with E-state index < -0.39 is 0 Å². The van der Waals surface area contributed by atoms with Crippen LogP contribution in [0.2, 0.25) is 0 Å². The van der Waals surface area contributed by atoms with E-state index in [1.54, 1.807) is 0 Å². The summed E-state index contributed by atoms with van der Waals surface area (Å²) in [7, 11) is 4.02. The van der Waals surface area contributed by atoms with Crippen LogP contribution in [0.3, 0.4) is 0 Å². The Hall–Kier alpha value is -0.480. The molecule has 0 saturated carbocycles. The van der Waals surface area contributed by atoms with Gasteiger partial charge in [0, 0.05) is 29.6 Å². The Morgan fingerprint density at radius 1 is 1.67 bits per heavy atom. The molecular formula is C11H19N3S. The molecule has 4 heteroatoms. The van der Waals surface area contributed by atoms with Gasteiger partial charge < -0.3 is 5.32 Å². The van der Waals surface area contributed by atoms with Gasteiger partial charge in [0.25, 0.3) is 0 Å².